The molecule has 1 aliphatic rings. The first-order valence-electron chi connectivity index (χ1n) is 5.77. The molecule has 0 spiro atoms. The average Bonchev–Trinajstić information content (AvgIpc) is 2.33. The Balaban J connectivity index is 2.29. The molecule has 0 aromatic heterocycles. The quantitative estimate of drug-likeness (QED) is 0.866. The molecule has 0 unspecified atom stereocenters. The fraction of sp³-hybridized carbons (Fsp3) is 0.385. The lowest BCUT2D eigenvalue weighted by Gasteiger charge is -2.32. The first kappa shape index (κ1) is 11.6. The summed E-state index contributed by atoms with van der Waals surface area (Å²) < 4.78 is 0. The van der Waals surface area contributed by atoms with Crippen molar-refractivity contribution in [1.82, 2.24) is 4.90 Å². The second-order valence-electron chi connectivity index (χ2n) is 4.20. The minimum atomic E-state index is -0.966. The summed E-state index contributed by atoms with van der Waals surface area (Å²) in [5.41, 5.74) is 0.662. The SMILES string of the molecule is O=C(O)[C@H](c1ccccc1)N1CCCCC1=O. The molecule has 4 nitrogen and oxygen atoms in total. The first-order valence-corrected chi connectivity index (χ1v) is 5.77. The van der Waals surface area contributed by atoms with Crippen molar-refractivity contribution in [1.29, 1.82) is 0 Å². The molecule has 1 aliphatic heterocycles. The average molecular weight is 233 g/mol. The number of carboxylic acid groups (broad SMARTS) is 1. The Morgan fingerprint density at radius 1 is 1.24 bits per heavy atom. The number of carboxylic acids is 1. The minimum Gasteiger partial charge on any atom is -0.479 e. The molecule has 1 atom stereocenters. The van der Waals surface area contributed by atoms with E-state index in [1.165, 1.54) is 4.90 Å². The van der Waals surface area contributed by atoms with Crippen molar-refractivity contribution in [3.8, 4) is 0 Å². The third-order valence-electron chi connectivity index (χ3n) is 3.02. The second-order valence-corrected chi connectivity index (χ2v) is 4.20. The van der Waals surface area contributed by atoms with E-state index in [-0.39, 0.29) is 5.91 Å². The van der Waals surface area contributed by atoms with E-state index in [1.807, 2.05) is 6.07 Å². The number of hydrogen-bond donors (Lipinski definition) is 1. The van der Waals surface area contributed by atoms with E-state index in [1.54, 1.807) is 24.3 Å². The van der Waals surface area contributed by atoms with Gasteiger partial charge in [-0.15, -0.1) is 0 Å². The van der Waals surface area contributed by atoms with Gasteiger partial charge in [0.25, 0.3) is 0 Å². The van der Waals surface area contributed by atoms with Gasteiger partial charge in [0, 0.05) is 13.0 Å². The largest absolute Gasteiger partial charge is 0.479 e. The standard InChI is InChI=1S/C13H15NO3/c15-11-8-4-5-9-14(11)12(13(16)17)10-6-2-1-3-7-10/h1-3,6-7,12H,4-5,8-9H2,(H,16,17)/t12-/m0/s1. The van der Waals surface area contributed by atoms with Crippen molar-refractivity contribution in [2.75, 3.05) is 6.54 Å². The normalized spacial score (nSPS) is 17.9. The fourth-order valence-electron chi connectivity index (χ4n) is 2.19. The van der Waals surface area contributed by atoms with Gasteiger partial charge in [-0.1, -0.05) is 30.3 Å². The molecule has 1 aromatic carbocycles. The summed E-state index contributed by atoms with van der Waals surface area (Å²) in [4.78, 5) is 24.6. The molecule has 0 bridgehead atoms. The number of rotatable bonds is 3. The molecule has 0 saturated carbocycles. The van der Waals surface area contributed by atoms with Gasteiger partial charge < -0.3 is 10.0 Å². The van der Waals surface area contributed by atoms with E-state index < -0.39 is 12.0 Å². The number of likely N-dealkylation sites (tertiary alicyclic amines) is 1. The van der Waals surface area contributed by atoms with Crippen LogP contribution in [0.4, 0.5) is 0 Å². The van der Waals surface area contributed by atoms with E-state index in [2.05, 4.69) is 0 Å². The third-order valence-corrected chi connectivity index (χ3v) is 3.02. The van der Waals surface area contributed by atoms with Gasteiger partial charge in [0.1, 0.15) is 0 Å². The molecule has 1 fully saturated rings. The Morgan fingerprint density at radius 3 is 2.53 bits per heavy atom. The van der Waals surface area contributed by atoms with Gasteiger partial charge in [0.05, 0.1) is 0 Å². The van der Waals surface area contributed by atoms with Crippen LogP contribution in [-0.4, -0.2) is 28.4 Å². The van der Waals surface area contributed by atoms with Crippen LogP contribution >= 0.6 is 0 Å². The van der Waals surface area contributed by atoms with Crippen molar-refractivity contribution in [2.45, 2.75) is 25.3 Å². The number of hydrogen-bond acceptors (Lipinski definition) is 2. The van der Waals surface area contributed by atoms with Gasteiger partial charge in [-0.3, -0.25) is 4.79 Å². The predicted molar refractivity (Wildman–Crippen MR) is 62.4 cm³/mol. The molecule has 4 heteroatoms. The molecule has 2 rings (SSSR count). The zero-order valence-electron chi connectivity index (χ0n) is 9.50. The first-order chi connectivity index (χ1) is 8.20. The summed E-state index contributed by atoms with van der Waals surface area (Å²) in [5.74, 6) is -1.03. The van der Waals surface area contributed by atoms with Crippen LogP contribution in [0.25, 0.3) is 0 Å². The van der Waals surface area contributed by atoms with Crippen LogP contribution in [-0.2, 0) is 9.59 Å². The van der Waals surface area contributed by atoms with Gasteiger partial charge in [0.15, 0.2) is 6.04 Å². The van der Waals surface area contributed by atoms with Crippen LogP contribution in [0.3, 0.4) is 0 Å². The van der Waals surface area contributed by atoms with Crippen LogP contribution in [0.1, 0.15) is 30.9 Å². The maximum Gasteiger partial charge on any atom is 0.331 e. The van der Waals surface area contributed by atoms with Gasteiger partial charge >= 0.3 is 5.97 Å². The Labute approximate surface area is 99.9 Å². The lowest BCUT2D eigenvalue weighted by molar-refractivity contribution is -0.152. The van der Waals surface area contributed by atoms with Crippen molar-refractivity contribution in [3.63, 3.8) is 0 Å². The van der Waals surface area contributed by atoms with E-state index in [4.69, 9.17) is 0 Å². The Bertz CT molecular complexity index is 416. The van der Waals surface area contributed by atoms with Gasteiger partial charge in [-0.05, 0) is 18.4 Å². The fourth-order valence-corrected chi connectivity index (χ4v) is 2.19. The molecule has 1 saturated heterocycles. The molecular formula is C13H15NO3. The highest BCUT2D eigenvalue weighted by atomic mass is 16.4. The van der Waals surface area contributed by atoms with Crippen molar-refractivity contribution < 1.29 is 14.7 Å². The molecule has 1 heterocycles. The number of carbonyl (C=O) groups excluding carboxylic acids is 1. The third kappa shape index (κ3) is 2.46. The van der Waals surface area contributed by atoms with Crippen LogP contribution in [0.15, 0.2) is 30.3 Å². The minimum absolute atomic E-state index is 0.0625. The van der Waals surface area contributed by atoms with Crippen molar-refractivity contribution in [3.05, 3.63) is 35.9 Å². The van der Waals surface area contributed by atoms with E-state index in [0.29, 0.717) is 18.5 Å². The lowest BCUT2D eigenvalue weighted by Crippen LogP contribution is -2.41. The molecule has 1 amide bonds. The zero-order chi connectivity index (χ0) is 12.3. The van der Waals surface area contributed by atoms with Crippen LogP contribution < -0.4 is 0 Å². The number of carbonyl (C=O) groups is 2. The molecule has 0 aliphatic carbocycles. The predicted octanol–water partition coefficient (Wildman–Crippen LogP) is 1.82. The van der Waals surface area contributed by atoms with Crippen LogP contribution in [0.2, 0.25) is 0 Å². The number of aliphatic carboxylic acids is 1. The monoisotopic (exact) mass is 233 g/mol. The van der Waals surface area contributed by atoms with Gasteiger partial charge in [-0.25, -0.2) is 4.79 Å². The number of nitrogens with zero attached hydrogens (tertiary/aromatic N) is 1. The number of piperidine rings is 1. The van der Waals surface area contributed by atoms with E-state index in [0.717, 1.165) is 12.8 Å². The van der Waals surface area contributed by atoms with Crippen LogP contribution in [0.5, 0.6) is 0 Å². The lowest BCUT2D eigenvalue weighted by atomic mass is 10.0. The molecule has 90 valence electrons. The van der Waals surface area contributed by atoms with Crippen molar-refractivity contribution >= 4 is 11.9 Å². The Hall–Kier alpha value is -1.84. The van der Waals surface area contributed by atoms with Crippen molar-refractivity contribution in [2.24, 2.45) is 0 Å². The molecule has 17 heavy (non-hydrogen) atoms. The van der Waals surface area contributed by atoms with E-state index >= 15 is 0 Å². The highest BCUT2D eigenvalue weighted by Gasteiger charge is 2.32. The Morgan fingerprint density at radius 2 is 1.94 bits per heavy atom. The second kappa shape index (κ2) is 4.99. The summed E-state index contributed by atoms with van der Waals surface area (Å²) in [7, 11) is 0. The summed E-state index contributed by atoms with van der Waals surface area (Å²) in [6.07, 6.45) is 2.19. The topological polar surface area (TPSA) is 57.6 Å². The number of benzene rings is 1. The molecular weight excluding hydrogens is 218 g/mol. The molecule has 1 N–H and O–H groups in total. The molecule has 0 radical (unpaired) electrons. The molecule has 1 aromatic rings. The smallest absolute Gasteiger partial charge is 0.331 e. The van der Waals surface area contributed by atoms with Gasteiger partial charge in [0.2, 0.25) is 5.91 Å². The summed E-state index contributed by atoms with van der Waals surface area (Å²) in [6.45, 7) is 0.532. The maximum absolute atomic E-state index is 11.8. The maximum atomic E-state index is 11.8. The highest BCUT2D eigenvalue weighted by Crippen LogP contribution is 2.25. The number of amides is 1. The van der Waals surface area contributed by atoms with Crippen LogP contribution in [0, 0.1) is 0 Å². The zero-order valence-corrected chi connectivity index (χ0v) is 9.50. The highest BCUT2D eigenvalue weighted by molar-refractivity contribution is 5.85. The summed E-state index contributed by atoms with van der Waals surface area (Å²) in [6, 6.07) is 8.07. The summed E-state index contributed by atoms with van der Waals surface area (Å²) >= 11 is 0. The van der Waals surface area contributed by atoms with Gasteiger partial charge in [-0.2, -0.15) is 0 Å². The summed E-state index contributed by atoms with van der Waals surface area (Å²) in [5, 5.41) is 9.30. The Kier molecular flexibility index (Phi) is 3.42. The van der Waals surface area contributed by atoms with E-state index in [9.17, 15) is 14.7 Å².